The lowest BCUT2D eigenvalue weighted by Crippen LogP contribution is -2.60. The van der Waals surface area contributed by atoms with Crippen molar-refractivity contribution in [1.82, 2.24) is 26.2 Å². The van der Waals surface area contributed by atoms with Crippen molar-refractivity contribution in [1.29, 1.82) is 0 Å². The van der Waals surface area contributed by atoms with Crippen LogP contribution in [0.1, 0.15) is 65.5 Å². The molecule has 2 aliphatic rings. The van der Waals surface area contributed by atoms with Crippen molar-refractivity contribution in [2.75, 3.05) is 20.2 Å². The van der Waals surface area contributed by atoms with Gasteiger partial charge in [-0.1, -0.05) is 71.9 Å². The number of carbonyl (C=O) groups excluding carboxylic acids is 6. The van der Waals surface area contributed by atoms with Crippen LogP contribution in [-0.2, 0) is 36.8 Å². The van der Waals surface area contributed by atoms with Crippen molar-refractivity contribution < 1.29 is 33.5 Å². The van der Waals surface area contributed by atoms with Gasteiger partial charge in [0.2, 0.25) is 17.6 Å². The zero-order valence-corrected chi connectivity index (χ0v) is 29.8. The maximum atomic E-state index is 14.7. The van der Waals surface area contributed by atoms with Gasteiger partial charge in [0.15, 0.2) is 0 Å². The third-order valence-corrected chi connectivity index (χ3v) is 9.79. The first-order valence-electron chi connectivity index (χ1n) is 17.0. The number of primary amides is 1. The topological polar surface area (TPSA) is 189 Å². The fraction of sp³-hybridized carbons (Fsp3) is 0.611. The summed E-state index contributed by atoms with van der Waals surface area (Å²) in [5, 5.41) is 10.9. The van der Waals surface area contributed by atoms with Gasteiger partial charge >= 0.3 is 12.1 Å². The Bertz CT molecular complexity index is 1380. The van der Waals surface area contributed by atoms with E-state index in [4.69, 9.17) is 10.5 Å². The molecule has 1 aromatic carbocycles. The fourth-order valence-corrected chi connectivity index (χ4v) is 6.45. The highest BCUT2D eigenvalue weighted by atomic mass is 16.5. The molecule has 270 valence electrons. The van der Waals surface area contributed by atoms with E-state index in [2.05, 4.69) is 27.8 Å². The van der Waals surface area contributed by atoms with E-state index in [1.54, 1.807) is 13.0 Å². The number of urea groups is 1. The van der Waals surface area contributed by atoms with Crippen LogP contribution < -0.4 is 27.0 Å². The van der Waals surface area contributed by atoms with Crippen molar-refractivity contribution in [3.05, 3.63) is 48.0 Å². The number of alkyl carbamates (subject to hydrolysis) is 1. The smallest absolute Gasteiger partial charge is 0.406 e. The molecule has 3 rings (SSSR count). The average Bonchev–Trinajstić information content (AvgIpc) is 3.69. The Morgan fingerprint density at radius 1 is 1.00 bits per heavy atom. The molecule has 6 atom stereocenters. The first-order valence-corrected chi connectivity index (χ1v) is 17.0. The molecule has 0 radical (unpaired) electrons. The molecule has 5 unspecified atom stereocenters. The number of Topliss-reactive ketones (excluding diaryl/α,β-unsaturated/α-hetero) is 1. The van der Waals surface area contributed by atoms with Gasteiger partial charge < -0.3 is 36.6 Å². The van der Waals surface area contributed by atoms with Gasteiger partial charge in [0, 0.05) is 13.6 Å². The number of ether oxygens (including phenoxy) is 1. The fourth-order valence-electron chi connectivity index (χ4n) is 6.45. The number of nitrogens with two attached hydrogens (primary N) is 1. The largest absolute Gasteiger partial charge is 0.447 e. The number of nitrogens with one attached hydrogen (secondary N) is 4. The van der Waals surface area contributed by atoms with Crippen LogP contribution in [-0.4, -0.2) is 84.9 Å². The summed E-state index contributed by atoms with van der Waals surface area (Å²) in [5.41, 5.74) is 6.97. The van der Waals surface area contributed by atoms with Crippen LogP contribution in [0.2, 0.25) is 0 Å². The highest BCUT2D eigenvalue weighted by Crippen LogP contribution is 2.34. The van der Waals surface area contributed by atoms with Crippen molar-refractivity contribution in [2.45, 2.75) is 91.4 Å². The van der Waals surface area contributed by atoms with E-state index in [-0.39, 0.29) is 43.2 Å². The van der Waals surface area contributed by atoms with E-state index >= 15 is 0 Å². The monoisotopic (exact) mass is 682 g/mol. The quantitative estimate of drug-likeness (QED) is 0.147. The Kier molecular flexibility index (Phi) is 13.4. The second-order valence-electron chi connectivity index (χ2n) is 14.8. The summed E-state index contributed by atoms with van der Waals surface area (Å²) in [6, 6.07) is 3.55. The van der Waals surface area contributed by atoms with Crippen LogP contribution in [0.15, 0.2) is 36.9 Å². The van der Waals surface area contributed by atoms with Gasteiger partial charge in [0.1, 0.15) is 18.7 Å². The van der Waals surface area contributed by atoms with Crippen LogP contribution in [0.4, 0.5) is 9.59 Å². The number of nitrogens with zero attached hydrogens (tertiary/aromatic N) is 1. The molecule has 0 spiro atoms. The van der Waals surface area contributed by atoms with Crippen molar-refractivity contribution >= 4 is 35.6 Å². The van der Waals surface area contributed by atoms with E-state index in [9.17, 15) is 28.8 Å². The van der Waals surface area contributed by atoms with Crippen LogP contribution in [0, 0.1) is 29.1 Å². The third-order valence-electron chi connectivity index (χ3n) is 9.79. The lowest BCUT2D eigenvalue weighted by molar-refractivity contribution is -0.142. The van der Waals surface area contributed by atoms with Gasteiger partial charge in [-0.25, -0.2) is 9.59 Å². The number of benzene rings is 1. The molecule has 13 nitrogen and oxygen atoms in total. The van der Waals surface area contributed by atoms with Crippen molar-refractivity contribution in [2.24, 2.45) is 34.8 Å². The molecular weight excluding hydrogens is 628 g/mol. The van der Waals surface area contributed by atoms with E-state index in [1.165, 1.54) is 11.9 Å². The summed E-state index contributed by atoms with van der Waals surface area (Å²) in [6.07, 6.45) is 2.53. The summed E-state index contributed by atoms with van der Waals surface area (Å²) >= 11 is 0. The summed E-state index contributed by atoms with van der Waals surface area (Å²) < 4.78 is 5.25. The molecule has 49 heavy (non-hydrogen) atoms. The molecule has 1 fully saturated rings. The SMILES string of the molecule is C=CC(C)CC(NC(=O)C1C[C@@H](C(C)C)CN1C(=O)C(NC(=O)NC(COC(=O)NC)C(C)(C)C)C1Cc2ccccc2C1)C(=O)C(N)=O. The molecule has 0 saturated carbocycles. The van der Waals surface area contributed by atoms with E-state index in [1.807, 2.05) is 58.9 Å². The summed E-state index contributed by atoms with van der Waals surface area (Å²) in [5.74, 6) is -3.46. The summed E-state index contributed by atoms with van der Waals surface area (Å²) in [6.45, 7) is 15.4. The van der Waals surface area contributed by atoms with Crippen molar-refractivity contribution in [3.63, 3.8) is 0 Å². The van der Waals surface area contributed by atoms with Crippen LogP contribution in [0.3, 0.4) is 0 Å². The minimum Gasteiger partial charge on any atom is -0.447 e. The second-order valence-corrected chi connectivity index (χ2v) is 14.8. The molecule has 1 aliphatic carbocycles. The molecular formula is C36H54N6O7. The van der Waals surface area contributed by atoms with Crippen LogP contribution in [0.25, 0.3) is 0 Å². The number of amides is 6. The predicted octanol–water partition coefficient (Wildman–Crippen LogP) is 2.46. The number of hydrogen-bond donors (Lipinski definition) is 5. The predicted molar refractivity (Wildman–Crippen MR) is 185 cm³/mol. The number of carbonyl (C=O) groups is 6. The zero-order chi connectivity index (χ0) is 36.6. The van der Waals surface area contributed by atoms with E-state index in [0.717, 1.165) is 11.1 Å². The number of allylic oxidation sites excluding steroid dienone is 1. The lowest BCUT2D eigenvalue weighted by atomic mass is 9.87. The summed E-state index contributed by atoms with van der Waals surface area (Å²) in [4.78, 5) is 80.1. The number of ketones is 1. The van der Waals surface area contributed by atoms with Gasteiger partial charge in [-0.3, -0.25) is 19.2 Å². The normalized spacial score (nSPS) is 20.0. The molecule has 1 saturated heterocycles. The van der Waals surface area contributed by atoms with Gasteiger partial charge in [0.05, 0.1) is 12.1 Å². The Balaban J connectivity index is 1.93. The van der Waals surface area contributed by atoms with Gasteiger partial charge in [-0.2, -0.15) is 0 Å². The highest BCUT2D eigenvalue weighted by molar-refractivity contribution is 6.37. The molecule has 0 aromatic heterocycles. The molecule has 6 N–H and O–H groups in total. The standard InChI is InChI=1S/C36H54N6O7/c1-9-21(4)14-26(30(43)31(37)44)39-32(45)27-17-25(20(2)3)18-42(27)33(46)29(24-15-22-12-10-11-13-23(22)16-24)41-34(47)40-28(36(5,6)7)19-49-35(48)38-8/h9-13,20-21,24-29H,1,14-19H2,2-8H3,(H2,37,44)(H,38,48)(H,39,45)(H2,40,41,47)/t21?,25-,26?,27?,28?,29?/m1/s1. The van der Waals surface area contributed by atoms with Gasteiger partial charge in [-0.05, 0) is 65.9 Å². The minimum absolute atomic E-state index is 0.0283. The van der Waals surface area contributed by atoms with E-state index < -0.39 is 65.2 Å². The molecule has 6 amide bonds. The number of hydrogen-bond acceptors (Lipinski definition) is 7. The second kappa shape index (κ2) is 16.8. The Morgan fingerprint density at radius 3 is 2.12 bits per heavy atom. The van der Waals surface area contributed by atoms with Crippen LogP contribution in [0.5, 0.6) is 0 Å². The maximum absolute atomic E-state index is 14.7. The Morgan fingerprint density at radius 2 is 1.61 bits per heavy atom. The zero-order valence-electron chi connectivity index (χ0n) is 29.8. The van der Waals surface area contributed by atoms with Crippen molar-refractivity contribution in [3.8, 4) is 0 Å². The number of rotatable bonds is 14. The molecule has 1 aliphatic heterocycles. The van der Waals surface area contributed by atoms with Crippen LogP contribution >= 0.6 is 0 Å². The number of fused-ring (bicyclic) bond motifs is 1. The first kappa shape index (κ1) is 39.0. The molecule has 1 aromatic rings. The molecule has 1 heterocycles. The lowest BCUT2D eigenvalue weighted by Gasteiger charge is -2.34. The first-order chi connectivity index (χ1) is 23.0. The summed E-state index contributed by atoms with van der Waals surface area (Å²) in [7, 11) is 1.44. The molecule has 0 bridgehead atoms. The maximum Gasteiger partial charge on any atom is 0.406 e. The third kappa shape index (κ3) is 10.3. The molecule has 13 heteroatoms. The Hall–Kier alpha value is -4.42. The van der Waals surface area contributed by atoms with E-state index in [0.29, 0.717) is 19.3 Å². The van der Waals surface area contributed by atoms with Gasteiger partial charge in [-0.15, -0.1) is 6.58 Å². The highest BCUT2D eigenvalue weighted by Gasteiger charge is 2.46. The average molecular weight is 683 g/mol. The Labute approximate surface area is 289 Å². The van der Waals surface area contributed by atoms with Gasteiger partial charge in [0.25, 0.3) is 5.91 Å². The number of likely N-dealkylation sites (tertiary alicyclic amines) is 1. The minimum atomic E-state index is -1.18.